The first-order valence-corrected chi connectivity index (χ1v) is 6.71. The third-order valence-corrected chi connectivity index (χ3v) is 3.75. The number of nitrogens with zero attached hydrogens (tertiary/aromatic N) is 3. The van der Waals surface area contributed by atoms with Crippen molar-refractivity contribution in [2.24, 2.45) is 5.73 Å². The molecule has 100 valence electrons. The Hall–Kier alpha value is -1.13. The highest BCUT2D eigenvalue weighted by Crippen LogP contribution is 2.20. The van der Waals surface area contributed by atoms with Crippen LogP contribution in [0.25, 0.3) is 0 Å². The van der Waals surface area contributed by atoms with E-state index in [-0.39, 0.29) is 6.04 Å². The van der Waals surface area contributed by atoms with Gasteiger partial charge in [-0.05, 0) is 45.5 Å². The van der Waals surface area contributed by atoms with Gasteiger partial charge in [-0.2, -0.15) is 0 Å². The van der Waals surface area contributed by atoms with Crippen molar-refractivity contribution in [3.05, 3.63) is 23.9 Å². The molecule has 1 fully saturated rings. The number of aromatic nitrogens is 1. The Bertz CT molecular complexity index is 372. The average molecular weight is 248 g/mol. The molecule has 4 heteroatoms. The first kappa shape index (κ1) is 13.3. The van der Waals surface area contributed by atoms with Crippen LogP contribution < -0.4 is 10.6 Å². The second-order valence-corrected chi connectivity index (χ2v) is 5.44. The highest BCUT2D eigenvalue weighted by molar-refractivity contribution is 5.40. The lowest BCUT2D eigenvalue weighted by atomic mass is 10.0. The van der Waals surface area contributed by atoms with Crippen LogP contribution in [0.1, 0.15) is 31.4 Å². The molecule has 18 heavy (non-hydrogen) atoms. The fourth-order valence-corrected chi connectivity index (χ4v) is 2.44. The molecule has 2 rings (SSSR count). The molecule has 0 aliphatic carbocycles. The van der Waals surface area contributed by atoms with Gasteiger partial charge >= 0.3 is 0 Å². The molecule has 1 unspecified atom stereocenters. The molecule has 0 bridgehead atoms. The summed E-state index contributed by atoms with van der Waals surface area (Å²) in [6, 6.07) is 4.87. The first-order chi connectivity index (χ1) is 8.58. The largest absolute Gasteiger partial charge is 0.355 e. The number of hydrogen-bond acceptors (Lipinski definition) is 4. The Morgan fingerprint density at radius 2 is 2.22 bits per heavy atom. The quantitative estimate of drug-likeness (QED) is 0.883. The van der Waals surface area contributed by atoms with Crippen molar-refractivity contribution in [2.45, 2.75) is 31.8 Å². The summed E-state index contributed by atoms with van der Waals surface area (Å²) in [5, 5.41) is 0. The van der Waals surface area contributed by atoms with E-state index in [1.807, 2.05) is 13.1 Å². The van der Waals surface area contributed by atoms with Crippen molar-refractivity contribution < 1.29 is 0 Å². The van der Waals surface area contributed by atoms with Crippen molar-refractivity contribution >= 4 is 5.82 Å². The Morgan fingerprint density at radius 3 is 2.78 bits per heavy atom. The van der Waals surface area contributed by atoms with E-state index in [0.29, 0.717) is 6.04 Å². The number of pyridine rings is 1. The van der Waals surface area contributed by atoms with E-state index in [2.05, 4.69) is 41.0 Å². The maximum absolute atomic E-state index is 5.84. The summed E-state index contributed by atoms with van der Waals surface area (Å²) in [4.78, 5) is 9.23. The Balaban J connectivity index is 2.06. The molecule has 2 N–H and O–H groups in total. The van der Waals surface area contributed by atoms with Crippen molar-refractivity contribution in [3.8, 4) is 0 Å². The maximum atomic E-state index is 5.84. The van der Waals surface area contributed by atoms with Crippen molar-refractivity contribution in [1.29, 1.82) is 0 Å². The molecule has 1 aromatic rings. The van der Waals surface area contributed by atoms with E-state index in [9.17, 15) is 0 Å². The monoisotopic (exact) mass is 248 g/mol. The second kappa shape index (κ2) is 5.67. The van der Waals surface area contributed by atoms with Gasteiger partial charge in [-0.3, -0.25) is 0 Å². The summed E-state index contributed by atoms with van der Waals surface area (Å²) in [7, 11) is 4.31. The van der Waals surface area contributed by atoms with E-state index in [1.165, 1.54) is 12.8 Å². The SMILES string of the molecule is C[C@@H](N)c1ccc(N2CCCC(N(C)C)C2)nc1. The van der Waals surface area contributed by atoms with Gasteiger partial charge in [0, 0.05) is 31.4 Å². The average Bonchev–Trinajstić information content (AvgIpc) is 2.39. The second-order valence-electron chi connectivity index (χ2n) is 5.44. The van der Waals surface area contributed by atoms with E-state index < -0.39 is 0 Å². The molecule has 0 aromatic carbocycles. The van der Waals surface area contributed by atoms with Crippen LogP contribution in [0, 0.1) is 0 Å². The predicted octanol–water partition coefficient (Wildman–Crippen LogP) is 1.63. The van der Waals surface area contributed by atoms with Gasteiger partial charge in [-0.25, -0.2) is 4.98 Å². The number of likely N-dealkylation sites (N-methyl/N-ethyl adjacent to an activating group) is 1. The van der Waals surface area contributed by atoms with E-state index in [1.54, 1.807) is 0 Å². The van der Waals surface area contributed by atoms with Crippen LogP contribution in [0.15, 0.2) is 18.3 Å². The molecule has 4 nitrogen and oxygen atoms in total. The van der Waals surface area contributed by atoms with Gasteiger partial charge in [0.2, 0.25) is 0 Å². The highest BCUT2D eigenvalue weighted by Gasteiger charge is 2.22. The standard InChI is InChI=1S/C14H24N4/c1-11(15)12-6-7-14(16-9-12)18-8-4-5-13(10-18)17(2)3/h6-7,9,11,13H,4-5,8,10,15H2,1-3H3/t11-,13?/m1/s1. The molecular formula is C14H24N4. The lowest BCUT2D eigenvalue weighted by Gasteiger charge is -2.36. The van der Waals surface area contributed by atoms with Gasteiger partial charge in [-0.15, -0.1) is 0 Å². The van der Waals surface area contributed by atoms with Crippen molar-refractivity contribution in [1.82, 2.24) is 9.88 Å². The number of hydrogen-bond donors (Lipinski definition) is 1. The Labute approximate surface area is 110 Å². The fraction of sp³-hybridized carbons (Fsp3) is 0.643. The molecule has 0 radical (unpaired) electrons. The van der Waals surface area contributed by atoms with Crippen LogP contribution in [0.3, 0.4) is 0 Å². The summed E-state index contributed by atoms with van der Waals surface area (Å²) in [5.41, 5.74) is 6.94. The third-order valence-electron chi connectivity index (χ3n) is 3.75. The first-order valence-electron chi connectivity index (χ1n) is 6.71. The van der Waals surface area contributed by atoms with Crippen LogP contribution in [-0.2, 0) is 0 Å². The summed E-state index contributed by atoms with van der Waals surface area (Å²) >= 11 is 0. The number of nitrogens with two attached hydrogens (primary N) is 1. The van der Waals surface area contributed by atoms with E-state index >= 15 is 0 Å². The summed E-state index contributed by atoms with van der Waals surface area (Å²) < 4.78 is 0. The van der Waals surface area contributed by atoms with Gasteiger partial charge in [0.15, 0.2) is 0 Å². The molecule has 1 saturated heterocycles. The Kier molecular flexibility index (Phi) is 4.19. The topological polar surface area (TPSA) is 45.4 Å². The Morgan fingerprint density at radius 1 is 1.44 bits per heavy atom. The summed E-state index contributed by atoms with van der Waals surface area (Å²) in [5.74, 6) is 1.07. The zero-order valence-electron chi connectivity index (χ0n) is 11.6. The summed E-state index contributed by atoms with van der Waals surface area (Å²) in [6.07, 6.45) is 4.42. The molecule has 2 atom stereocenters. The molecular weight excluding hydrogens is 224 g/mol. The number of anilines is 1. The minimum Gasteiger partial charge on any atom is -0.355 e. The van der Waals surface area contributed by atoms with E-state index in [0.717, 1.165) is 24.5 Å². The minimum atomic E-state index is 0.0578. The fourth-order valence-electron chi connectivity index (χ4n) is 2.44. The number of rotatable bonds is 3. The van der Waals surface area contributed by atoms with Crippen LogP contribution >= 0.6 is 0 Å². The van der Waals surface area contributed by atoms with Gasteiger partial charge in [0.1, 0.15) is 5.82 Å². The molecule has 1 aliphatic rings. The number of piperidine rings is 1. The van der Waals surface area contributed by atoms with Gasteiger partial charge in [0.05, 0.1) is 0 Å². The van der Waals surface area contributed by atoms with Crippen LogP contribution in [0.5, 0.6) is 0 Å². The van der Waals surface area contributed by atoms with Gasteiger partial charge in [0.25, 0.3) is 0 Å². The molecule has 2 heterocycles. The van der Waals surface area contributed by atoms with Crippen molar-refractivity contribution in [3.63, 3.8) is 0 Å². The van der Waals surface area contributed by atoms with Crippen molar-refractivity contribution in [2.75, 3.05) is 32.1 Å². The van der Waals surface area contributed by atoms with Gasteiger partial charge in [-0.1, -0.05) is 6.07 Å². The molecule has 0 spiro atoms. The minimum absolute atomic E-state index is 0.0578. The molecule has 1 aliphatic heterocycles. The molecule has 1 aromatic heterocycles. The molecule has 0 saturated carbocycles. The highest BCUT2D eigenvalue weighted by atomic mass is 15.2. The predicted molar refractivity (Wildman–Crippen MR) is 75.8 cm³/mol. The molecule has 0 amide bonds. The van der Waals surface area contributed by atoms with Crippen LogP contribution in [0.4, 0.5) is 5.82 Å². The van der Waals surface area contributed by atoms with E-state index in [4.69, 9.17) is 5.73 Å². The van der Waals surface area contributed by atoms with Crippen LogP contribution in [-0.4, -0.2) is 43.1 Å². The lowest BCUT2D eigenvalue weighted by Crippen LogP contribution is -2.45. The zero-order valence-corrected chi connectivity index (χ0v) is 11.6. The summed E-state index contributed by atoms with van der Waals surface area (Å²) in [6.45, 7) is 4.16. The van der Waals surface area contributed by atoms with Gasteiger partial charge < -0.3 is 15.5 Å². The lowest BCUT2D eigenvalue weighted by molar-refractivity contribution is 0.257. The normalized spacial score (nSPS) is 22.3. The maximum Gasteiger partial charge on any atom is 0.128 e. The third kappa shape index (κ3) is 3.00. The smallest absolute Gasteiger partial charge is 0.128 e. The van der Waals surface area contributed by atoms with Crippen LogP contribution in [0.2, 0.25) is 0 Å². The zero-order chi connectivity index (χ0) is 13.1.